The highest BCUT2D eigenvalue weighted by Gasteiger charge is 2.06. The van der Waals surface area contributed by atoms with Gasteiger partial charge in [0.05, 0.1) is 5.75 Å². The van der Waals surface area contributed by atoms with Gasteiger partial charge in [-0.2, -0.15) is 0 Å². The van der Waals surface area contributed by atoms with Crippen LogP contribution in [0.2, 0.25) is 0 Å². The van der Waals surface area contributed by atoms with Crippen LogP contribution in [-0.4, -0.2) is 16.5 Å². The van der Waals surface area contributed by atoms with Gasteiger partial charge in [0, 0.05) is 23.2 Å². The molecule has 0 saturated heterocycles. The van der Waals surface area contributed by atoms with Gasteiger partial charge < -0.3 is 5.32 Å². The van der Waals surface area contributed by atoms with Crippen LogP contribution in [-0.2, 0) is 5.75 Å². The number of halogens is 2. The average Bonchev–Trinajstić information content (AvgIpc) is 2.46. The highest BCUT2D eigenvalue weighted by Crippen LogP contribution is 2.23. The molecule has 1 aromatic heterocycles. The molecule has 2 rings (SSSR count). The van der Waals surface area contributed by atoms with Crippen molar-refractivity contribution >= 4 is 17.6 Å². The van der Waals surface area contributed by atoms with Crippen LogP contribution in [0.5, 0.6) is 0 Å². The Bertz CT molecular complexity index is 620. The molecule has 0 bridgehead atoms. The number of nitrogens with one attached hydrogen (secondary N) is 1. The van der Waals surface area contributed by atoms with Gasteiger partial charge in [0.2, 0.25) is 0 Å². The van der Waals surface area contributed by atoms with E-state index in [1.54, 1.807) is 6.07 Å². The van der Waals surface area contributed by atoms with E-state index in [1.165, 1.54) is 17.8 Å². The summed E-state index contributed by atoms with van der Waals surface area (Å²) in [5.74, 6) is 0.300. The molecular weight excluding hydrogens is 292 g/mol. The number of benzene rings is 1. The number of rotatable bonds is 6. The Morgan fingerprint density at radius 3 is 2.67 bits per heavy atom. The van der Waals surface area contributed by atoms with Gasteiger partial charge in [-0.1, -0.05) is 6.92 Å². The van der Waals surface area contributed by atoms with Crippen LogP contribution in [0.3, 0.4) is 0 Å². The molecule has 0 radical (unpaired) electrons. The molecule has 112 valence electrons. The zero-order valence-corrected chi connectivity index (χ0v) is 12.8. The monoisotopic (exact) mass is 309 g/mol. The molecule has 0 atom stereocenters. The predicted octanol–water partition coefficient (Wildman–Crippen LogP) is 4.18. The van der Waals surface area contributed by atoms with E-state index in [-0.39, 0.29) is 0 Å². The molecule has 1 heterocycles. The van der Waals surface area contributed by atoms with Crippen LogP contribution < -0.4 is 5.32 Å². The molecule has 21 heavy (non-hydrogen) atoms. The zero-order valence-electron chi connectivity index (χ0n) is 12.0. The lowest BCUT2D eigenvalue weighted by Gasteiger charge is -2.07. The van der Waals surface area contributed by atoms with E-state index in [9.17, 15) is 8.78 Å². The van der Waals surface area contributed by atoms with Crippen LogP contribution in [0.25, 0.3) is 0 Å². The summed E-state index contributed by atoms with van der Waals surface area (Å²) in [5.41, 5.74) is 0.879. The number of anilines is 1. The third-order valence-electron chi connectivity index (χ3n) is 2.72. The molecule has 0 fully saturated rings. The Balaban J connectivity index is 2.05. The van der Waals surface area contributed by atoms with Crippen molar-refractivity contribution in [3.05, 3.63) is 47.4 Å². The van der Waals surface area contributed by atoms with Gasteiger partial charge in [0.25, 0.3) is 0 Å². The lowest BCUT2D eigenvalue weighted by molar-refractivity contribution is 0.506. The summed E-state index contributed by atoms with van der Waals surface area (Å²) in [5, 5.41) is 3.22. The molecule has 0 spiro atoms. The zero-order chi connectivity index (χ0) is 15.2. The molecule has 6 heteroatoms. The van der Waals surface area contributed by atoms with Crippen LogP contribution in [0, 0.1) is 18.6 Å². The fourth-order valence-electron chi connectivity index (χ4n) is 1.75. The van der Waals surface area contributed by atoms with E-state index in [1.807, 2.05) is 13.0 Å². The van der Waals surface area contributed by atoms with Gasteiger partial charge in [-0.3, -0.25) is 0 Å². The van der Waals surface area contributed by atoms with Gasteiger partial charge in [0.1, 0.15) is 11.6 Å². The maximum Gasteiger partial charge on any atom is 0.159 e. The number of thioether (sulfide) groups is 1. The first kappa shape index (κ1) is 15.7. The van der Waals surface area contributed by atoms with E-state index in [0.717, 1.165) is 30.5 Å². The SMILES string of the molecule is CCCNc1cc(C)nc(CSc2ccc(F)c(F)c2)n1. The summed E-state index contributed by atoms with van der Waals surface area (Å²) < 4.78 is 26.0. The highest BCUT2D eigenvalue weighted by molar-refractivity contribution is 7.98. The molecule has 0 aliphatic rings. The number of nitrogens with zero attached hydrogens (tertiary/aromatic N) is 2. The molecule has 0 saturated carbocycles. The maximum absolute atomic E-state index is 13.1. The Kier molecular flexibility index (Phi) is 5.50. The van der Waals surface area contributed by atoms with Crippen molar-refractivity contribution in [2.24, 2.45) is 0 Å². The summed E-state index contributed by atoms with van der Waals surface area (Å²) >= 11 is 1.38. The number of aryl methyl sites for hydroxylation is 1. The minimum Gasteiger partial charge on any atom is -0.370 e. The number of hydrogen-bond donors (Lipinski definition) is 1. The van der Waals surface area contributed by atoms with Crippen LogP contribution in [0.1, 0.15) is 24.9 Å². The molecule has 0 unspecified atom stereocenters. The summed E-state index contributed by atoms with van der Waals surface area (Å²) in [7, 11) is 0. The molecule has 2 aromatic rings. The van der Waals surface area contributed by atoms with Gasteiger partial charge >= 0.3 is 0 Å². The lowest BCUT2D eigenvalue weighted by atomic mass is 10.3. The van der Waals surface area contributed by atoms with E-state index >= 15 is 0 Å². The van der Waals surface area contributed by atoms with Gasteiger partial charge in [0.15, 0.2) is 11.6 Å². The standard InChI is InChI=1S/C15H17F2N3S/c1-3-6-18-14-7-10(2)19-15(20-14)9-21-11-4-5-12(16)13(17)8-11/h4-5,7-8H,3,6,9H2,1-2H3,(H,18,19,20). The minimum absolute atomic E-state index is 0.507. The van der Waals surface area contributed by atoms with E-state index in [0.29, 0.717) is 16.5 Å². The van der Waals surface area contributed by atoms with Crippen molar-refractivity contribution in [1.82, 2.24) is 9.97 Å². The lowest BCUT2D eigenvalue weighted by Crippen LogP contribution is -2.05. The molecule has 0 amide bonds. The summed E-state index contributed by atoms with van der Waals surface area (Å²) in [4.78, 5) is 9.43. The maximum atomic E-state index is 13.1. The van der Waals surface area contributed by atoms with Gasteiger partial charge in [-0.15, -0.1) is 11.8 Å². The predicted molar refractivity (Wildman–Crippen MR) is 81.5 cm³/mol. The molecule has 0 aliphatic carbocycles. The van der Waals surface area contributed by atoms with Crippen LogP contribution in [0.15, 0.2) is 29.2 Å². The Hall–Kier alpha value is -1.69. The minimum atomic E-state index is -0.838. The smallest absolute Gasteiger partial charge is 0.159 e. The van der Waals surface area contributed by atoms with Crippen LogP contribution >= 0.6 is 11.8 Å². The summed E-state index contributed by atoms with van der Waals surface area (Å²) in [6.45, 7) is 4.84. The first-order chi connectivity index (χ1) is 10.1. The summed E-state index contributed by atoms with van der Waals surface area (Å²) in [6, 6.07) is 5.76. The molecule has 3 nitrogen and oxygen atoms in total. The van der Waals surface area contributed by atoms with E-state index in [2.05, 4.69) is 22.2 Å². The van der Waals surface area contributed by atoms with E-state index in [4.69, 9.17) is 0 Å². The van der Waals surface area contributed by atoms with Crippen molar-refractivity contribution < 1.29 is 8.78 Å². The molecular formula is C15H17F2N3S. The van der Waals surface area contributed by atoms with Gasteiger partial charge in [-0.25, -0.2) is 18.7 Å². The van der Waals surface area contributed by atoms with Crippen LogP contribution in [0.4, 0.5) is 14.6 Å². The quantitative estimate of drug-likeness (QED) is 0.812. The molecule has 1 N–H and O–H groups in total. The molecule has 0 aliphatic heterocycles. The van der Waals surface area contributed by atoms with Crippen molar-refractivity contribution in [1.29, 1.82) is 0 Å². The van der Waals surface area contributed by atoms with E-state index < -0.39 is 11.6 Å². The van der Waals surface area contributed by atoms with Gasteiger partial charge in [-0.05, 0) is 31.5 Å². The fourth-order valence-corrected chi connectivity index (χ4v) is 2.53. The first-order valence-electron chi connectivity index (χ1n) is 6.74. The highest BCUT2D eigenvalue weighted by atomic mass is 32.2. The van der Waals surface area contributed by atoms with Crippen molar-refractivity contribution in [2.75, 3.05) is 11.9 Å². The normalized spacial score (nSPS) is 10.7. The van der Waals surface area contributed by atoms with Crippen molar-refractivity contribution in [2.45, 2.75) is 30.9 Å². The second-order valence-electron chi connectivity index (χ2n) is 4.60. The average molecular weight is 309 g/mol. The van der Waals surface area contributed by atoms with Crippen molar-refractivity contribution in [3.8, 4) is 0 Å². The number of hydrogen-bond acceptors (Lipinski definition) is 4. The molecule has 1 aromatic carbocycles. The Morgan fingerprint density at radius 2 is 1.95 bits per heavy atom. The largest absolute Gasteiger partial charge is 0.370 e. The second kappa shape index (κ2) is 7.36. The Labute approximate surface area is 127 Å². The summed E-state index contributed by atoms with van der Waals surface area (Å²) in [6.07, 6.45) is 1.02. The van der Waals surface area contributed by atoms with Crippen molar-refractivity contribution in [3.63, 3.8) is 0 Å². The Morgan fingerprint density at radius 1 is 1.14 bits per heavy atom. The number of aromatic nitrogens is 2. The fraction of sp³-hybridized carbons (Fsp3) is 0.333. The third kappa shape index (κ3) is 4.67. The second-order valence-corrected chi connectivity index (χ2v) is 5.65. The third-order valence-corrected chi connectivity index (χ3v) is 3.71. The topological polar surface area (TPSA) is 37.8 Å². The first-order valence-corrected chi connectivity index (χ1v) is 7.73.